The van der Waals surface area contributed by atoms with Gasteiger partial charge in [0.05, 0.1) is 0 Å². The van der Waals surface area contributed by atoms with Crippen LogP contribution in [0.3, 0.4) is 0 Å². The van der Waals surface area contributed by atoms with Crippen molar-refractivity contribution in [2.24, 2.45) is 0 Å². The molecule has 0 radical (unpaired) electrons. The van der Waals surface area contributed by atoms with Gasteiger partial charge in [0.1, 0.15) is 12.4 Å². The summed E-state index contributed by atoms with van der Waals surface area (Å²) in [6.45, 7) is 11.6. The van der Waals surface area contributed by atoms with E-state index in [-0.39, 0.29) is 0 Å². The molecule has 1 N–H and O–H groups in total. The van der Waals surface area contributed by atoms with E-state index >= 15 is 0 Å². The number of nitrogens with one attached hydrogen (secondary N) is 1. The Balaban J connectivity index is 2.57. The minimum atomic E-state index is 0.389. The molecule has 1 unspecified atom stereocenters. The predicted octanol–water partition coefficient (Wildman–Crippen LogP) is 3.31. The smallest absolute Gasteiger partial charge is 0.119 e. The summed E-state index contributed by atoms with van der Waals surface area (Å²) in [7, 11) is 0. The molecule has 1 rings (SSSR count). The normalized spacial score (nSPS) is 12.2. The number of ether oxygens (including phenoxy) is 1. The van der Waals surface area contributed by atoms with Crippen molar-refractivity contribution in [3.63, 3.8) is 0 Å². The van der Waals surface area contributed by atoms with Crippen LogP contribution in [0.2, 0.25) is 0 Å². The fourth-order valence-corrected chi connectivity index (χ4v) is 1.48. The van der Waals surface area contributed by atoms with E-state index in [1.807, 2.05) is 19.1 Å². The third-order valence-electron chi connectivity index (χ3n) is 2.38. The van der Waals surface area contributed by atoms with Gasteiger partial charge in [-0.25, -0.2) is 0 Å². The van der Waals surface area contributed by atoms with Crippen molar-refractivity contribution in [2.75, 3.05) is 13.2 Å². The second-order valence-corrected chi connectivity index (χ2v) is 4.09. The largest absolute Gasteiger partial charge is 0.489 e. The van der Waals surface area contributed by atoms with Crippen LogP contribution >= 0.6 is 0 Å². The van der Waals surface area contributed by atoms with Gasteiger partial charge in [-0.2, -0.15) is 0 Å². The molecule has 0 fully saturated rings. The molecule has 2 heteroatoms. The molecule has 0 aromatic heterocycles. The van der Waals surface area contributed by atoms with E-state index < -0.39 is 0 Å². The minimum Gasteiger partial charge on any atom is -0.489 e. The van der Waals surface area contributed by atoms with Crippen LogP contribution < -0.4 is 10.1 Å². The summed E-state index contributed by atoms with van der Waals surface area (Å²) in [5.41, 5.74) is 2.31. The van der Waals surface area contributed by atoms with Gasteiger partial charge in [-0.05, 0) is 43.7 Å². The van der Waals surface area contributed by atoms with Gasteiger partial charge in [0.2, 0.25) is 0 Å². The maximum Gasteiger partial charge on any atom is 0.119 e. The van der Waals surface area contributed by atoms with E-state index in [1.54, 1.807) is 0 Å². The van der Waals surface area contributed by atoms with Crippen LogP contribution in [0.4, 0.5) is 0 Å². The molecular formula is C14H21NO. The summed E-state index contributed by atoms with van der Waals surface area (Å²) < 4.78 is 5.54. The maximum atomic E-state index is 5.54. The van der Waals surface area contributed by atoms with Crippen LogP contribution in [0, 0.1) is 0 Å². The monoisotopic (exact) mass is 219 g/mol. The first kappa shape index (κ1) is 12.8. The van der Waals surface area contributed by atoms with Gasteiger partial charge in [0, 0.05) is 6.04 Å². The lowest BCUT2D eigenvalue weighted by atomic mass is 10.1. The molecule has 2 nitrogen and oxygen atoms in total. The predicted molar refractivity (Wildman–Crippen MR) is 68.8 cm³/mol. The average molecular weight is 219 g/mol. The molecule has 0 aliphatic heterocycles. The Morgan fingerprint density at radius 3 is 2.50 bits per heavy atom. The van der Waals surface area contributed by atoms with Gasteiger partial charge >= 0.3 is 0 Å². The van der Waals surface area contributed by atoms with Crippen LogP contribution in [0.1, 0.15) is 32.4 Å². The highest BCUT2D eigenvalue weighted by molar-refractivity contribution is 5.29. The quantitative estimate of drug-likeness (QED) is 0.741. The molecule has 0 bridgehead atoms. The fourth-order valence-electron chi connectivity index (χ4n) is 1.48. The Morgan fingerprint density at radius 1 is 1.38 bits per heavy atom. The van der Waals surface area contributed by atoms with Gasteiger partial charge in [-0.15, -0.1) is 0 Å². The number of hydrogen-bond donors (Lipinski definition) is 1. The Kier molecular flexibility index (Phi) is 5.06. The number of benzene rings is 1. The first-order chi connectivity index (χ1) is 7.63. The van der Waals surface area contributed by atoms with Gasteiger partial charge in [-0.3, -0.25) is 0 Å². The summed E-state index contributed by atoms with van der Waals surface area (Å²) in [4.78, 5) is 0. The van der Waals surface area contributed by atoms with E-state index in [0.29, 0.717) is 12.6 Å². The van der Waals surface area contributed by atoms with E-state index in [9.17, 15) is 0 Å². The van der Waals surface area contributed by atoms with Crippen molar-refractivity contribution in [1.29, 1.82) is 0 Å². The third-order valence-corrected chi connectivity index (χ3v) is 2.38. The summed E-state index contributed by atoms with van der Waals surface area (Å²) >= 11 is 0. The number of hydrogen-bond acceptors (Lipinski definition) is 2. The van der Waals surface area contributed by atoms with Gasteiger partial charge in [0.25, 0.3) is 0 Å². The van der Waals surface area contributed by atoms with Gasteiger partial charge in [0.15, 0.2) is 0 Å². The lowest BCUT2D eigenvalue weighted by molar-refractivity contribution is 0.352. The van der Waals surface area contributed by atoms with E-state index in [0.717, 1.165) is 17.9 Å². The molecule has 0 aliphatic rings. The Labute approximate surface area is 98.3 Å². The van der Waals surface area contributed by atoms with Crippen LogP contribution in [-0.2, 0) is 0 Å². The molecule has 0 amide bonds. The zero-order valence-electron chi connectivity index (χ0n) is 10.4. The zero-order chi connectivity index (χ0) is 12.0. The molecule has 0 spiro atoms. The second kappa shape index (κ2) is 6.33. The third kappa shape index (κ3) is 4.07. The minimum absolute atomic E-state index is 0.389. The van der Waals surface area contributed by atoms with Crippen molar-refractivity contribution < 1.29 is 4.74 Å². The maximum absolute atomic E-state index is 5.54. The van der Waals surface area contributed by atoms with Crippen LogP contribution in [0.25, 0.3) is 0 Å². The molecule has 88 valence electrons. The van der Waals surface area contributed by atoms with Crippen molar-refractivity contribution in [2.45, 2.75) is 26.8 Å². The van der Waals surface area contributed by atoms with Crippen LogP contribution in [0.5, 0.6) is 5.75 Å². The van der Waals surface area contributed by atoms with Crippen molar-refractivity contribution in [3.8, 4) is 5.75 Å². The van der Waals surface area contributed by atoms with E-state index in [2.05, 4.69) is 37.9 Å². The molecule has 1 aromatic carbocycles. The molecule has 0 aliphatic carbocycles. The molecule has 1 aromatic rings. The van der Waals surface area contributed by atoms with E-state index in [4.69, 9.17) is 4.74 Å². The number of rotatable bonds is 6. The first-order valence-electron chi connectivity index (χ1n) is 5.74. The van der Waals surface area contributed by atoms with Crippen molar-refractivity contribution >= 4 is 0 Å². The first-order valence-corrected chi connectivity index (χ1v) is 5.74. The van der Waals surface area contributed by atoms with Crippen molar-refractivity contribution in [1.82, 2.24) is 5.32 Å². The second-order valence-electron chi connectivity index (χ2n) is 4.09. The molecular weight excluding hydrogens is 198 g/mol. The molecule has 16 heavy (non-hydrogen) atoms. The van der Waals surface area contributed by atoms with Crippen LogP contribution in [0.15, 0.2) is 36.4 Å². The highest BCUT2D eigenvalue weighted by atomic mass is 16.5. The molecule has 0 saturated carbocycles. The zero-order valence-corrected chi connectivity index (χ0v) is 10.4. The fraction of sp³-hybridized carbons (Fsp3) is 0.429. The lowest BCUT2D eigenvalue weighted by Gasteiger charge is -2.13. The van der Waals surface area contributed by atoms with Crippen LogP contribution in [-0.4, -0.2) is 13.2 Å². The van der Waals surface area contributed by atoms with Gasteiger partial charge < -0.3 is 10.1 Å². The summed E-state index contributed by atoms with van der Waals surface area (Å²) in [5, 5.41) is 3.38. The topological polar surface area (TPSA) is 21.3 Å². The highest BCUT2D eigenvalue weighted by Gasteiger charge is 2.03. The lowest BCUT2D eigenvalue weighted by Crippen LogP contribution is -2.17. The Bertz CT molecular complexity index is 329. The highest BCUT2D eigenvalue weighted by Crippen LogP contribution is 2.17. The Morgan fingerprint density at radius 2 is 2.00 bits per heavy atom. The standard InChI is InChI=1S/C14H21NO/c1-5-15-12(4)13-6-8-14(9-7-13)16-10-11(2)3/h6-9,12,15H,2,5,10H2,1,3-4H3. The average Bonchev–Trinajstić information content (AvgIpc) is 2.27. The SMILES string of the molecule is C=C(C)COc1ccc(C(C)NCC)cc1. The molecule has 0 saturated heterocycles. The van der Waals surface area contributed by atoms with Crippen molar-refractivity contribution in [3.05, 3.63) is 42.0 Å². The summed E-state index contributed by atoms with van der Waals surface area (Å²) in [5.74, 6) is 0.899. The molecule has 1 atom stereocenters. The molecule has 0 heterocycles. The van der Waals surface area contributed by atoms with E-state index in [1.165, 1.54) is 5.56 Å². The Hall–Kier alpha value is -1.28. The van der Waals surface area contributed by atoms with Gasteiger partial charge in [-0.1, -0.05) is 25.6 Å². The summed E-state index contributed by atoms with van der Waals surface area (Å²) in [6, 6.07) is 8.60. The summed E-state index contributed by atoms with van der Waals surface area (Å²) in [6.07, 6.45) is 0.